The first-order valence-corrected chi connectivity index (χ1v) is 10.6. The maximum Gasteiger partial charge on any atom is 0.121 e. The molecule has 1 heterocycles. The molecule has 1 fully saturated rings. The van der Waals surface area contributed by atoms with Gasteiger partial charge in [-0.2, -0.15) is 0 Å². The Morgan fingerprint density at radius 1 is 0.964 bits per heavy atom. The second kappa shape index (κ2) is 9.03. The van der Waals surface area contributed by atoms with Crippen LogP contribution in [0.5, 0.6) is 5.75 Å². The Balaban J connectivity index is 1.92. The van der Waals surface area contributed by atoms with Crippen LogP contribution in [0, 0.1) is 0 Å². The number of hydrogen-bond donors (Lipinski definition) is 5. The van der Waals surface area contributed by atoms with Crippen molar-refractivity contribution in [2.75, 3.05) is 6.61 Å². The van der Waals surface area contributed by atoms with Gasteiger partial charge in [0.25, 0.3) is 0 Å². The van der Waals surface area contributed by atoms with Crippen molar-refractivity contribution in [1.29, 1.82) is 0 Å². The summed E-state index contributed by atoms with van der Waals surface area (Å²) >= 11 is 7.47. The van der Waals surface area contributed by atoms with E-state index in [1.165, 1.54) is 11.6 Å². The quantitative estimate of drug-likeness (QED) is 0.505. The third kappa shape index (κ3) is 4.32. The minimum atomic E-state index is -1.41. The standard InChI is InChI=1S/C21H25ClO5S/c1-2-11-3-5-12(6-4-11)7-13-8-14(16(24)9-15(13)22)21-20(27)19(26)18(25)17(10-23)28-21/h3-6,8-9,17-21,23-27H,2,7,10H2,1H3/t17-,18-,19+,20-,21+/m1/s1. The lowest BCUT2D eigenvalue weighted by Crippen LogP contribution is -2.51. The molecule has 2 aromatic rings. The molecule has 5 N–H and O–H groups in total. The van der Waals surface area contributed by atoms with Crippen LogP contribution < -0.4 is 0 Å². The summed E-state index contributed by atoms with van der Waals surface area (Å²) in [5.74, 6) is -0.0908. The van der Waals surface area contributed by atoms with E-state index in [2.05, 4.69) is 19.1 Å². The van der Waals surface area contributed by atoms with E-state index in [0.717, 1.165) is 29.3 Å². The Bertz CT molecular complexity index is 811. The van der Waals surface area contributed by atoms with E-state index in [4.69, 9.17) is 11.6 Å². The van der Waals surface area contributed by atoms with Crippen molar-refractivity contribution in [2.24, 2.45) is 0 Å². The van der Waals surface area contributed by atoms with Crippen LogP contribution in [0.1, 0.15) is 34.4 Å². The van der Waals surface area contributed by atoms with Crippen molar-refractivity contribution >= 4 is 23.4 Å². The number of phenols is 1. The topological polar surface area (TPSA) is 101 Å². The van der Waals surface area contributed by atoms with Gasteiger partial charge in [-0.25, -0.2) is 0 Å². The van der Waals surface area contributed by atoms with Gasteiger partial charge in [-0.15, -0.1) is 11.8 Å². The Kier molecular flexibility index (Phi) is 6.91. The molecule has 0 bridgehead atoms. The highest BCUT2D eigenvalue weighted by Gasteiger charge is 2.44. The number of thioether (sulfide) groups is 1. The van der Waals surface area contributed by atoms with E-state index < -0.39 is 28.8 Å². The zero-order chi connectivity index (χ0) is 20.4. The second-order valence-corrected chi connectivity index (χ2v) is 8.89. The number of phenolic OH excluding ortho intramolecular Hbond substituents is 1. The van der Waals surface area contributed by atoms with Gasteiger partial charge < -0.3 is 25.5 Å². The van der Waals surface area contributed by atoms with Gasteiger partial charge in [0.2, 0.25) is 0 Å². The monoisotopic (exact) mass is 424 g/mol. The van der Waals surface area contributed by atoms with Crippen molar-refractivity contribution in [3.63, 3.8) is 0 Å². The fourth-order valence-corrected chi connectivity index (χ4v) is 5.13. The number of aliphatic hydroxyl groups is 4. The molecule has 0 amide bonds. The number of halogens is 1. The summed E-state index contributed by atoms with van der Waals surface area (Å²) in [6.07, 6.45) is -2.43. The number of aliphatic hydroxyl groups excluding tert-OH is 4. The van der Waals surface area contributed by atoms with Crippen LogP contribution in [-0.2, 0) is 12.8 Å². The molecule has 0 aromatic heterocycles. The van der Waals surface area contributed by atoms with Crippen LogP contribution in [0.2, 0.25) is 5.02 Å². The summed E-state index contributed by atoms with van der Waals surface area (Å²) in [5.41, 5.74) is 3.51. The van der Waals surface area contributed by atoms with Crippen molar-refractivity contribution in [1.82, 2.24) is 0 Å². The normalized spacial score (nSPS) is 27.7. The van der Waals surface area contributed by atoms with Gasteiger partial charge in [-0.1, -0.05) is 42.8 Å². The van der Waals surface area contributed by atoms with Gasteiger partial charge in [-0.05, 0) is 41.7 Å². The van der Waals surface area contributed by atoms with E-state index in [9.17, 15) is 25.5 Å². The first kappa shape index (κ1) is 21.4. The molecule has 1 aliphatic rings. The van der Waals surface area contributed by atoms with E-state index in [1.807, 2.05) is 12.1 Å². The molecule has 1 aliphatic heterocycles. The first-order chi connectivity index (χ1) is 13.3. The predicted molar refractivity (Wildman–Crippen MR) is 111 cm³/mol. The number of aryl methyl sites for hydroxylation is 1. The Hall–Kier alpha value is -1.28. The molecule has 3 rings (SSSR count). The summed E-state index contributed by atoms with van der Waals surface area (Å²) < 4.78 is 0. The summed E-state index contributed by atoms with van der Waals surface area (Å²) in [6, 6.07) is 11.4. The highest BCUT2D eigenvalue weighted by Crippen LogP contribution is 2.46. The van der Waals surface area contributed by atoms with E-state index in [1.54, 1.807) is 6.07 Å². The third-order valence-electron chi connectivity index (χ3n) is 5.22. The van der Waals surface area contributed by atoms with E-state index in [0.29, 0.717) is 17.0 Å². The molecule has 7 heteroatoms. The highest BCUT2D eigenvalue weighted by atomic mass is 35.5. The molecule has 0 aliphatic carbocycles. The Labute approximate surface area is 173 Å². The molecule has 1 saturated heterocycles. The molecular formula is C21H25ClO5S. The Morgan fingerprint density at radius 2 is 1.61 bits per heavy atom. The van der Waals surface area contributed by atoms with Crippen LogP contribution in [0.25, 0.3) is 0 Å². The van der Waals surface area contributed by atoms with E-state index in [-0.39, 0.29) is 12.4 Å². The van der Waals surface area contributed by atoms with Crippen molar-refractivity contribution < 1.29 is 25.5 Å². The fourth-order valence-electron chi connectivity index (χ4n) is 3.46. The lowest BCUT2D eigenvalue weighted by molar-refractivity contribution is -0.0701. The minimum absolute atomic E-state index is 0.0908. The number of aromatic hydroxyl groups is 1. The third-order valence-corrected chi connectivity index (χ3v) is 7.18. The van der Waals surface area contributed by atoms with Gasteiger partial charge in [0.15, 0.2) is 0 Å². The summed E-state index contributed by atoms with van der Waals surface area (Å²) in [4.78, 5) is 0. The molecule has 2 aromatic carbocycles. The SMILES string of the molecule is CCc1ccc(Cc2cc([C@@H]3S[C@H](CO)[C@@H](O)[C@H](O)[C@H]3O)c(O)cc2Cl)cc1. The molecule has 0 unspecified atom stereocenters. The van der Waals surface area contributed by atoms with Gasteiger partial charge in [0, 0.05) is 10.6 Å². The van der Waals surface area contributed by atoms with Crippen molar-refractivity contribution in [2.45, 2.75) is 48.6 Å². The molecule has 28 heavy (non-hydrogen) atoms. The van der Waals surface area contributed by atoms with E-state index >= 15 is 0 Å². The largest absolute Gasteiger partial charge is 0.508 e. The van der Waals surface area contributed by atoms with Crippen LogP contribution in [-0.4, -0.2) is 55.7 Å². The smallest absolute Gasteiger partial charge is 0.121 e. The molecule has 0 spiro atoms. The van der Waals surface area contributed by atoms with Crippen LogP contribution in [0.4, 0.5) is 0 Å². The van der Waals surface area contributed by atoms with Crippen LogP contribution in [0.15, 0.2) is 36.4 Å². The van der Waals surface area contributed by atoms with Gasteiger partial charge in [-0.3, -0.25) is 0 Å². The maximum absolute atomic E-state index is 10.5. The zero-order valence-electron chi connectivity index (χ0n) is 15.5. The molecule has 0 radical (unpaired) electrons. The fraction of sp³-hybridized carbons (Fsp3) is 0.429. The van der Waals surface area contributed by atoms with Gasteiger partial charge in [0.05, 0.1) is 29.3 Å². The molecule has 5 nitrogen and oxygen atoms in total. The van der Waals surface area contributed by atoms with Crippen molar-refractivity contribution in [3.8, 4) is 5.75 Å². The average Bonchev–Trinajstić information content (AvgIpc) is 2.69. The molecule has 152 valence electrons. The first-order valence-electron chi connectivity index (χ1n) is 9.25. The number of rotatable bonds is 5. The maximum atomic E-state index is 10.5. The van der Waals surface area contributed by atoms with Crippen LogP contribution in [0.3, 0.4) is 0 Å². The van der Waals surface area contributed by atoms with Crippen LogP contribution >= 0.6 is 23.4 Å². The molecular weight excluding hydrogens is 400 g/mol. The number of benzene rings is 2. The lowest BCUT2D eigenvalue weighted by atomic mass is 9.94. The average molecular weight is 425 g/mol. The Morgan fingerprint density at radius 3 is 2.21 bits per heavy atom. The summed E-state index contributed by atoms with van der Waals surface area (Å²) in [7, 11) is 0. The summed E-state index contributed by atoms with van der Waals surface area (Å²) in [6.45, 7) is 1.74. The second-order valence-electron chi connectivity index (χ2n) is 7.10. The predicted octanol–water partition coefficient (Wildman–Crippen LogP) is 2.43. The summed E-state index contributed by atoms with van der Waals surface area (Å²) in [5, 5.41) is 49.5. The van der Waals surface area contributed by atoms with Crippen molar-refractivity contribution in [3.05, 3.63) is 63.7 Å². The van der Waals surface area contributed by atoms with Gasteiger partial charge >= 0.3 is 0 Å². The zero-order valence-corrected chi connectivity index (χ0v) is 17.1. The van der Waals surface area contributed by atoms with Gasteiger partial charge in [0.1, 0.15) is 11.9 Å². The highest BCUT2D eigenvalue weighted by molar-refractivity contribution is 8.00. The molecule has 0 saturated carbocycles. The molecule has 5 atom stereocenters. The minimum Gasteiger partial charge on any atom is -0.508 e. The lowest BCUT2D eigenvalue weighted by Gasteiger charge is -2.39. The number of hydrogen-bond acceptors (Lipinski definition) is 6.